The first-order valence-electron chi connectivity index (χ1n) is 7.76. The van der Waals surface area contributed by atoms with Gasteiger partial charge in [-0.2, -0.15) is 0 Å². The summed E-state index contributed by atoms with van der Waals surface area (Å²) in [6, 6.07) is 5.90. The molecule has 1 aromatic carbocycles. The summed E-state index contributed by atoms with van der Waals surface area (Å²) in [6.07, 6.45) is 2.28. The molecule has 21 heavy (non-hydrogen) atoms. The van der Waals surface area contributed by atoms with Gasteiger partial charge in [0, 0.05) is 30.7 Å². The first kappa shape index (κ1) is 17.1. The van der Waals surface area contributed by atoms with Crippen molar-refractivity contribution in [2.45, 2.75) is 58.2 Å². The summed E-state index contributed by atoms with van der Waals surface area (Å²) in [6.45, 7) is 12.0. The highest BCUT2D eigenvalue weighted by Crippen LogP contribution is 2.32. The monoisotopic (exact) mass is 328 g/mol. The quantitative estimate of drug-likeness (QED) is 0.859. The van der Waals surface area contributed by atoms with Crippen LogP contribution in [0.25, 0.3) is 0 Å². The van der Waals surface area contributed by atoms with Crippen molar-refractivity contribution >= 4 is 23.2 Å². The van der Waals surface area contributed by atoms with E-state index in [4.69, 9.17) is 23.2 Å². The van der Waals surface area contributed by atoms with E-state index in [0.29, 0.717) is 10.0 Å². The van der Waals surface area contributed by atoms with E-state index >= 15 is 0 Å². The second-order valence-electron chi connectivity index (χ2n) is 6.72. The van der Waals surface area contributed by atoms with Crippen LogP contribution in [0.15, 0.2) is 18.2 Å². The van der Waals surface area contributed by atoms with Gasteiger partial charge in [0.15, 0.2) is 0 Å². The number of halogens is 2. The summed E-state index contributed by atoms with van der Waals surface area (Å²) in [5.74, 6) is 0. The molecule has 1 aliphatic rings. The number of nitrogens with one attached hydrogen (secondary N) is 1. The van der Waals surface area contributed by atoms with Crippen molar-refractivity contribution in [2.75, 3.05) is 13.1 Å². The Balaban J connectivity index is 2.24. The van der Waals surface area contributed by atoms with Crippen LogP contribution in [-0.2, 0) is 6.54 Å². The summed E-state index contributed by atoms with van der Waals surface area (Å²) in [7, 11) is 0. The van der Waals surface area contributed by atoms with Crippen LogP contribution in [-0.4, -0.2) is 29.1 Å². The Morgan fingerprint density at radius 1 is 1.19 bits per heavy atom. The minimum Gasteiger partial charge on any atom is -0.308 e. The molecular weight excluding hydrogens is 303 g/mol. The normalized spacial score (nSPS) is 21.4. The van der Waals surface area contributed by atoms with Gasteiger partial charge in [0.25, 0.3) is 0 Å². The highest BCUT2D eigenvalue weighted by molar-refractivity contribution is 6.42. The summed E-state index contributed by atoms with van der Waals surface area (Å²) in [4.78, 5) is 2.54. The predicted molar refractivity (Wildman–Crippen MR) is 92.3 cm³/mol. The molecule has 0 saturated carbocycles. The maximum absolute atomic E-state index is 6.37. The number of rotatable bonds is 4. The molecule has 0 atom stereocenters. The van der Waals surface area contributed by atoms with Gasteiger partial charge >= 0.3 is 0 Å². The molecule has 0 amide bonds. The Labute approximate surface area is 138 Å². The Morgan fingerprint density at radius 2 is 1.86 bits per heavy atom. The molecule has 0 bridgehead atoms. The fraction of sp³-hybridized carbons (Fsp3) is 0.647. The molecule has 118 valence electrons. The molecule has 2 nitrogen and oxygen atoms in total. The lowest BCUT2D eigenvalue weighted by Gasteiger charge is -2.52. The van der Waals surface area contributed by atoms with E-state index in [1.807, 2.05) is 12.1 Å². The standard InChI is InChI=1S/C17H26Cl2N2/c1-5-17(6-2)12-21(16(3,4)11-20-17)10-13-8-7-9-14(18)15(13)19/h7-9,20H,5-6,10-12H2,1-4H3. The van der Waals surface area contributed by atoms with Crippen molar-refractivity contribution in [1.82, 2.24) is 10.2 Å². The van der Waals surface area contributed by atoms with Gasteiger partial charge in [-0.1, -0.05) is 49.2 Å². The fourth-order valence-electron chi connectivity index (χ4n) is 3.02. The topological polar surface area (TPSA) is 15.3 Å². The zero-order valence-corrected chi connectivity index (χ0v) is 15.0. The van der Waals surface area contributed by atoms with E-state index < -0.39 is 0 Å². The van der Waals surface area contributed by atoms with Gasteiger partial charge in [0.1, 0.15) is 0 Å². The third-order valence-corrected chi connectivity index (χ3v) is 5.85. The maximum Gasteiger partial charge on any atom is 0.0637 e. The minimum absolute atomic E-state index is 0.111. The fourth-order valence-corrected chi connectivity index (χ4v) is 3.40. The molecule has 4 heteroatoms. The van der Waals surface area contributed by atoms with Crippen LogP contribution >= 0.6 is 23.2 Å². The number of piperazine rings is 1. The lowest BCUT2D eigenvalue weighted by atomic mass is 9.84. The number of nitrogens with zero attached hydrogens (tertiary/aromatic N) is 1. The summed E-state index contributed by atoms with van der Waals surface area (Å²) < 4.78 is 0. The molecule has 2 rings (SSSR count). The van der Waals surface area contributed by atoms with Crippen molar-refractivity contribution in [3.8, 4) is 0 Å². The highest BCUT2D eigenvalue weighted by atomic mass is 35.5. The average molecular weight is 329 g/mol. The Hall–Kier alpha value is -0.280. The lowest BCUT2D eigenvalue weighted by Crippen LogP contribution is -2.67. The van der Waals surface area contributed by atoms with E-state index in [2.05, 4.69) is 44.0 Å². The Bertz CT molecular complexity index is 496. The van der Waals surface area contributed by atoms with Crippen LogP contribution < -0.4 is 5.32 Å². The van der Waals surface area contributed by atoms with E-state index in [0.717, 1.165) is 38.0 Å². The van der Waals surface area contributed by atoms with Crippen LogP contribution in [0.1, 0.15) is 46.1 Å². The van der Waals surface area contributed by atoms with Crippen molar-refractivity contribution in [3.05, 3.63) is 33.8 Å². The molecule has 1 fully saturated rings. The van der Waals surface area contributed by atoms with Crippen molar-refractivity contribution in [2.24, 2.45) is 0 Å². The zero-order valence-electron chi connectivity index (χ0n) is 13.5. The third kappa shape index (κ3) is 3.56. The molecule has 0 aliphatic carbocycles. The van der Waals surface area contributed by atoms with E-state index in [-0.39, 0.29) is 11.1 Å². The van der Waals surface area contributed by atoms with Gasteiger partial charge in [-0.3, -0.25) is 4.90 Å². The summed E-state index contributed by atoms with van der Waals surface area (Å²) in [5, 5.41) is 5.09. The van der Waals surface area contributed by atoms with Crippen molar-refractivity contribution < 1.29 is 0 Å². The molecular formula is C17H26Cl2N2. The first-order valence-corrected chi connectivity index (χ1v) is 8.52. The molecule has 0 radical (unpaired) electrons. The van der Waals surface area contributed by atoms with Gasteiger partial charge in [-0.05, 0) is 38.3 Å². The summed E-state index contributed by atoms with van der Waals surface area (Å²) >= 11 is 12.5. The van der Waals surface area contributed by atoms with Crippen LogP contribution in [0.5, 0.6) is 0 Å². The zero-order chi connectivity index (χ0) is 15.7. The largest absolute Gasteiger partial charge is 0.308 e. The maximum atomic E-state index is 6.37. The van der Waals surface area contributed by atoms with E-state index in [1.165, 1.54) is 0 Å². The predicted octanol–water partition coefficient (Wildman–Crippen LogP) is 4.74. The molecule has 1 saturated heterocycles. The highest BCUT2D eigenvalue weighted by Gasteiger charge is 2.40. The van der Waals surface area contributed by atoms with Crippen LogP contribution in [0.4, 0.5) is 0 Å². The third-order valence-electron chi connectivity index (χ3n) is 4.99. The SMILES string of the molecule is CCC1(CC)CN(Cc2cccc(Cl)c2Cl)C(C)(C)CN1. The van der Waals surface area contributed by atoms with Gasteiger partial charge in [0.05, 0.1) is 10.0 Å². The summed E-state index contributed by atoms with van der Waals surface area (Å²) in [5.41, 5.74) is 1.43. The van der Waals surface area contributed by atoms with Gasteiger partial charge in [-0.15, -0.1) is 0 Å². The van der Waals surface area contributed by atoms with Crippen LogP contribution in [0.2, 0.25) is 10.0 Å². The van der Waals surface area contributed by atoms with Crippen molar-refractivity contribution in [1.29, 1.82) is 0 Å². The van der Waals surface area contributed by atoms with E-state index in [9.17, 15) is 0 Å². The average Bonchev–Trinajstić information content (AvgIpc) is 2.46. The molecule has 1 aromatic rings. The van der Waals surface area contributed by atoms with Gasteiger partial charge < -0.3 is 5.32 Å². The molecule has 0 spiro atoms. The minimum atomic E-state index is 0.111. The number of benzene rings is 1. The lowest BCUT2D eigenvalue weighted by molar-refractivity contribution is 0.0162. The van der Waals surface area contributed by atoms with Gasteiger partial charge in [0.2, 0.25) is 0 Å². The molecule has 1 heterocycles. The molecule has 0 aromatic heterocycles. The Morgan fingerprint density at radius 3 is 2.48 bits per heavy atom. The Kier molecular flexibility index (Phi) is 5.25. The van der Waals surface area contributed by atoms with Gasteiger partial charge in [-0.25, -0.2) is 0 Å². The number of hydrogen-bond donors (Lipinski definition) is 1. The van der Waals surface area contributed by atoms with Crippen LogP contribution in [0, 0.1) is 0 Å². The van der Waals surface area contributed by atoms with Crippen LogP contribution in [0.3, 0.4) is 0 Å². The second kappa shape index (κ2) is 6.45. The first-order chi connectivity index (χ1) is 9.83. The molecule has 0 unspecified atom stereocenters. The second-order valence-corrected chi connectivity index (χ2v) is 7.51. The molecule has 1 N–H and O–H groups in total. The smallest absolute Gasteiger partial charge is 0.0637 e. The number of hydrogen-bond acceptors (Lipinski definition) is 2. The van der Waals surface area contributed by atoms with Crippen molar-refractivity contribution in [3.63, 3.8) is 0 Å². The molecule has 1 aliphatic heterocycles. The van der Waals surface area contributed by atoms with E-state index in [1.54, 1.807) is 0 Å².